The molecule has 1 aliphatic heterocycles. The quantitative estimate of drug-likeness (QED) is 0.705. The van der Waals surface area contributed by atoms with Gasteiger partial charge in [0.15, 0.2) is 0 Å². The highest BCUT2D eigenvalue weighted by Gasteiger charge is 2.20. The molecule has 1 aliphatic rings. The van der Waals surface area contributed by atoms with E-state index >= 15 is 0 Å². The van der Waals surface area contributed by atoms with Gasteiger partial charge < -0.3 is 19.3 Å². The lowest BCUT2D eigenvalue weighted by Crippen LogP contribution is -3.13. The van der Waals surface area contributed by atoms with E-state index in [1.54, 1.807) is 7.11 Å². The summed E-state index contributed by atoms with van der Waals surface area (Å²) in [6.07, 6.45) is 3.56. The van der Waals surface area contributed by atoms with Crippen LogP contribution < -0.4 is 9.64 Å². The first kappa shape index (κ1) is 18.1. The molecule has 4 nitrogen and oxygen atoms in total. The summed E-state index contributed by atoms with van der Waals surface area (Å²) in [6.45, 7) is 3.83. The van der Waals surface area contributed by atoms with E-state index in [1.165, 1.54) is 48.2 Å². The van der Waals surface area contributed by atoms with E-state index in [4.69, 9.17) is 4.74 Å². The van der Waals surface area contributed by atoms with Crippen LogP contribution in [0.2, 0.25) is 0 Å². The first-order chi connectivity index (χ1) is 13.2. The second-order valence-electron chi connectivity index (χ2n) is 7.60. The normalized spacial score (nSPS) is 16.5. The molecule has 1 aromatic heterocycles. The number of fused-ring (bicyclic) bond motifs is 1. The summed E-state index contributed by atoms with van der Waals surface area (Å²) >= 11 is 0. The zero-order chi connectivity index (χ0) is 18.6. The van der Waals surface area contributed by atoms with Crippen molar-refractivity contribution in [1.82, 2.24) is 4.57 Å². The lowest BCUT2D eigenvalue weighted by Gasteiger charge is -2.26. The maximum Gasteiger partial charge on any atom is 0.121 e. The van der Waals surface area contributed by atoms with Gasteiger partial charge in [0.1, 0.15) is 18.4 Å². The highest BCUT2D eigenvalue weighted by atomic mass is 16.5. The average Bonchev–Trinajstić information content (AvgIpc) is 3.07. The molecule has 0 spiro atoms. The van der Waals surface area contributed by atoms with Gasteiger partial charge >= 0.3 is 0 Å². The summed E-state index contributed by atoms with van der Waals surface area (Å²) in [5.41, 5.74) is 3.46. The van der Waals surface area contributed by atoms with Crippen LogP contribution in [0.3, 0.4) is 0 Å². The molecule has 0 radical (unpaired) electrons. The Morgan fingerprint density at radius 2 is 1.78 bits per heavy atom. The number of para-hydroxylation sites is 1. The molecule has 2 aromatic carbocycles. The Morgan fingerprint density at radius 3 is 2.52 bits per heavy atom. The fourth-order valence-electron chi connectivity index (χ4n) is 4.27. The maximum absolute atomic E-state index is 10.8. The maximum atomic E-state index is 10.8. The van der Waals surface area contributed by atoms with Gasteiger partial charge in [0, 0.05) is 16.6 Å². The highest BCUT2D eigenvalue weighted by molar-refractivity contribution is 5.87. The molecule has 0 bridgehead atoms. The van der Waals surface area contributed by atoms with Gasteiger partial charge in [0.2, 0.25) is 0 Å². The first-order valence-electron chi connectivity index (χ1n) is 9.99. The van der Waals surface area contributed by atoms with Crippen molar-refractivity contribution in [2.24, 2.45) is 0 Å². The van der Waals surface area contributed by atoms with Crippen molar-refractivity contribution >= 4 is 10.9 Å². The van der Waals surface area contributed by atoms with Crippen LogP contribution >= 0.6 is 0 Å². The van der Waals surface area contributed by atoms with Crippen LogP contribution in [0.15, 0.2) is 54.6 Å². The largest absolute Gasteiger partial charge is 0.497 e. The predicted molar refractivity (Wildman–Crippen MR) is 109 cm³/mol. The van der Waals surface area contributed by atoms with E-state index < -0.39 is 0 Å². The summed E-state index contributed by atoms with van der Waals surface area (Å²) in [6, 6.07) is 18.8. The molecule has 3 aromatic rings. The van der Waals surface area contributed by atoms with Gasteiger partial charge in [-0.15, -0.1) is 0 Å². The van der Waals surface area contributed by atoms with E-state index in [1.807, 2.05) is 12.1 Å². The monoisotopic (exact) mass is 365 g/mol. The van der Waals surface area contributed by atoms with Gasteiger partial charge in [-0.25, -0.2) is 0 Å². The SMILES string of the molecule is COc1ccc(-c2cc3ccccc3n2C[C@@H](O)C[NH+]2CCCCC2)cc1. The lowest BCUT2D eigenvalue weighted by molar-refractivity contribution is -0.908. The number of methoxy groups -OCH3 is 1. The van der Waals surface area contributed by atoms with E-state index in [-0.39, 0.29) is 6.10 Å². The van der Waals surface area contributed by atoms with Gasteiger partial charge in [0.25, 0.3) is 0 Å². The van der Waals surface area contributed by atoms with E-state index in [2.05, 4.69) is 47.0 Å². The Labute approximate surface area is 161 Å². The molecular formula is C23H29N2O2+. The number of nitrogens with one attached hydrogen (secondary N) is 1. The molecule has 4 heteroatoms. The first-order valence-corrected chi connectivity index (χ1v) is 9.99. The molecule has 27 heavy (non-hydrogen) atoms. The lowest BCUT2D eigenvalue weighted by atomic mass is 10.1. The molecule has 4 rings (SSSR count). The Morgan fingerprint density at radius 1 is 1.04 bits per heavy atom. The number of quaternary nitrogens is 1. The van der Waals surface area contributed by atoms with Gasteiger partial charge in [-0.3, -0.25) is 0 Å². The smallest absolute Gasteiger partial charge is 0.121 e. The number of hydrogen-bond acceptors (Lipinski definition) is 2. The average molecular weight is 365 g/mol. The summed E-state index contributed by atoms with van der Waals surface area (Å²) in [4.78, 5) is 1.54. The number of ether oxygens (including phenoxy) is 1. The van der Waals surface area contributed by atoms with Crippen molar-refractivity contribution in [3.63, 3.8) is 0 Å². The third-order valence-corrected chi connectivity index (χ3v) is 5.67. The molecule has 0 amide bonds. The zero-order valence-corrected chi connectivity index (χ0v) is 16.0. The van der Waals surface area contributed by atoms with Crippen LogP contribution in [-0.2, 0) is 6.54 Å². The van der Waals surface area contributed by atoms with E-state index in [9.17, 15) is 5.11 Å². The number of likely N-dealkylation sites (tertiary alicyclic amines) is 1. The third kappa shape index (κ3) is 4.02. The summed E-state index contributed by atoms with van der Waals surface area (Å²) in [7, 11) is 1.69. The number of piperidine rings is 1. The number of nitrogens with zero attached hydrogens (tertiary/aromatic N) is 1. The summed E-state index contributed by atoms with van der Waals surface area (Å²) in [5, 5.41) is 12.0. The molecule has 0 saturated carbocycles. The number of aliphatic hydroxyl groups is 1. The molecule has 1 fully saturated rings. The number of aliphatic hydroxyl groups excluding tert-OH is 1. The standard InChI is InChI=1S/C23H28N2O2/c1-27-21-11-9-18(10-12-21)23-15-19-7-3-4-8-22(19)25(23)17-20(26)16-24-13-5-2-6-14-24/h3-4,7-12,15,20,26H,2,5-6,13-14,16-17H2,1H3/p+1/t20-/m0/s1. The molecule has 1 atom stereocenters. The molecule has 0 unspecified atom stereocenters. The van der Waals surface area contributed by atoms with Gasteiger partial charge in [-0.05, 0) is 61.2 Å². The van der Waals surface area contributed by atoms with Crippen LogP contribution in [0.4, 0.5) is 0 Å². The molecule has 2 heterocycles. The fraction of sp³-hybridized carbons (Fsp3) is 0.391. The van der Waals surface area contributed by atoms with Crippen molar-refractivity contribution < 1.29 is 14.7 Å². The second-order valence-corrected chi connectivity index (χ2v) is 7.60. The summed E-state index contributed by atoms with van der Waals surface area (Å²) < 4.78 is 7.56. The number of benzene rings is 2. The summed E-state index contributed by atoms with van der Waals surface area (Å²) in [5.74, 6) is 0.857. The topological polar surface area (TPSA) is 38.8 Å². The van der Waals surface area contributed by atoms with Gasteiger partial charge in [0.05, 0.1) is 26.7 Å². The van der Waals surface area contributed by atoms with Crippen LogP contribution in [-0.4, -0.2) is 42.5 Å². The molecule has 1 saturated heterocycles. The number of rotatable bonds is 6. The van der Waals surface area contributed by atoms with Gasteiger partial charge in [-0.1, -0.05) is 18.2 Å². The molecular weight excluding hydrogens is 336 g/mol. The molecule has 142 valence electrons. The van der Waals surface area contributed by atoms with Crippen LogP contribution in [0.1, 0.15) is 19.3 Å². The minimum absolute atomic E-state index is 0.342. The van der Waals surface area contributed by atoms with Crippen molar-refractivity contribution in [3.8, 4) is 17.0 Å². The Kier molecular flexibility index (Phi) is 5.46. The van der Waals surface area contributed by atoms with Crippen LogP contribution in [0, 0.1) is 0 Å². The van der Waals surface area contributed by atoms with Crippen molar-refractivity contribution in [2.45, 2.75) is 31.9 Å². The van der Waals surface area contributed by atoms with Crippen LogP contribution in [0.25, 0.3) is 22.2 Å². The predicted octanol–water partition coefficient (Wildman–Crippen LogP) is 2.75. The minimum Gasteiger partial charge on any atom is -0.497 e. The Balaban J connectivity index is 1.63. The minimum atomic E-state index is -0.342. The van der Waals surface area contributed by atoms with E-state index in [0.717, 1.165) is 23.6 Å². The van der Waals surface area contributed by atoms with Crippen molar-refractivity contribution in [2.75, 3.05) is 26.7 Å². The zero-order valence-electron chi connectivity index (χ0n) is 16.0. The van der Waals surface area contributed by atoms with Crippen LogP contribution in [0.5, 0.6) is 5.75 Å². The number of aromatic nitrogens is 1. The highest BCUT2D eigenvalue weighted by Crippen LogP contribution is 2.29. The fourth-order valence-corrected chi connectivity index (χ4v) is 4.27. The Hall–Kier alpha value is -2.30. The van der Waals surface area contributed by atoms with E-state index in [0.29, 0.717) is 6.54 Å². The third-order valence-electron chi connectivity index (χ3n) is 5.67. The van der Waals surface area contributed by atoms with Crippen molar-refractivity contribution in [1.29, 1.82) is 0 Å². The number of hydrogen-bond donors (Lipinski definition) is 2. The second kappa shape index (κ2) is 8.15. The van der Waals surface area contributed by atoms with Gasteiger partial charge in [-0.2, -0.15) is 0 Å². The van der Waals surface area contributed by atoms with Crippen molar-refractivity contribution in [3.05, 3.63) is 54.6 Å². The molecule has 0 aliphatic carbocycles. The Bertz CT molecular complexity index is 879. The molecule has 2 N–H and O–H groups in total.